The van der Waals surface area contributed by atoms with Gasteiger partial charge in [-0.05, 0) is 37.7 Å². The van der Waals surface area contributed by atoms with Gasteiger partial charge in [-0.25, -0.2) is 0 Å². The number of benzene rings is 1. The first-order chi connectivity index (χ1) is 10.3. The molecule has 2 rings (SSSR count). The van der Waals surface area contributed by atoms with Crippen molar-refractivity contribution in [1.29, 1.82) is 0 Å². The predicted octanol–water partition coefficient (Wildman–Crippen LogP) is 4.28. The highest BCUT2D eigenvalue weighted by Crippen LogP contribution is 2.32. The van der Waals surface area contributed by atoms with Crippen molar-refractivity contribution in [3.63, 3.8) is 0 Å². The van der Waals surface area contributed by atoms with Crippen molar-refractivity contribution >= 4 is 0 Å². The maximum Gasteiger partial charge on any atom is 0.127 e. The minimum atomic E-state index is 0.329. The molecule has 0 aliphatic heterocycles. The Morgan fingerprint density at radius 1 is 1.24 bits per heavy atom. The summed E-state index contributed by atoms with van der Waals surface area (Å²) in [4.78, 5) is 0. The van der Waals surface area contributed by atoms with Crippen LogP contribution in [0.4, 0.5) is 0 Å². The van der Waals surface area contributed by atoms with Crippen LogP contribution in [0.1, 0.15) is 57.9 Å². The summed E-state index contributed by atoms with van der Waals surface area (Å²) >= 11 is 0. The van der Waals surface area contributed by atoms with Gasteiger partial charge in [0.15, 0.2) is 0 Å². The highest BCUT2D eigenvalue weighted by atomic mass is 16.5. The summed E-state index contributed by atoms with van der Waals surface area (Å²) in [6.07, 6.45) is 7.53. The van der Waals surface area contributed by atoms with E-state index in [0.29, 0.717) is 12.6 Å². The van der Waals surface area contributed by atoms with E-state index in [1.54, 1.807) is 0 Å². The first kappa shape index (κ1) is 16.2. The maximum absolute atomic E-state index is 6.27. The summed E-state index contributed by atoms with van der Waals surface area (Å²) in [7, 11) is 0. The zero-order valence-corrected chi connectivity index (χ0v) is 13.4. The molecule has 2 unspecified atom stereocenters. The highest BCUT2D eigenvalue weighted by Gasteiger charge is 2.22. The van der Waals surface area contributed by atoms with Gasteiger partial charge in [0.2, 0.25) is 0 Å². The van der Waals surface area contributed by atoms with Gasteiger partial charge >= 0.3 is 0 Å². The van der Waals surface area contributed by atoms with Crippen LogP contribution in [-0.2, 0) is 6.54 Å². The molecule has 1 aliphatic rings. The summed E-state index contributed by atoms with van der Waals surface area (Å²) in [5.74, 6) is 2.60. The summed E-state index contributed by atoms with van der Waals surface area (Å²) in [6.45, 7) is 5.63. The van der Waals surface area contributed by atoms with Crippen LogP contribution in [0.5, 0.6) is 11.5 Å². The molecule has 2 N–H and O–H groups in total. The number of rotatable bonds is 7. The van der Waals surface area contributed by atoms with Gasteiger partial charge < -0.3 is 15.2 Å². The molecule has 0 aromatic heterocycles. The Labute approximate surface area is 128 Å². The summed E-state index contributed by atoms with van der Waals surface area (Å²) in [6, 6.07) is 6.02. The van der Waals surface area contributed by atoms with Crippen LogP contribution in [0.3, 0.4) is 0 Å². The molecule has 21 heavy (non-hydrogen) atoms. The Hall–Kier alpha value is -1.22. The second-order valence-electron chi connectivity index (χ2n) is 6.00. The van der Waals surface area contributed by atoms with Gasteiger partial charge in [0.1, 0.15) is 11.5 Å². The molecule has 0 radical (unpaired) electrons. The average Bonchev–Trinajstić information content (AvgIpc) is 2.53. The standard InChI is InChI=1S/C18H29NO2/c1-3-10-20-16-9-8-15(13-19)18(12-16)21-17-7-5-6-14(4-2)11-17/h8-9,12,14,17H,3-7,10-11,13,19H2,1-2H3. The molecule has 0 heterocycles. The summed E-state index contributed by atoms with van der Waals surface area (Å²) in [5.41, 5.74) is 6.91. The second kappa shape index (κ2) is 8.28. The third kappa shape index (κ3) is 4.63. The lowest BCUT2D eigenvalue weighted by Crippen LogP contribution is -2.25. The fourth-order valence-electron chi connectivity index (χ4n) is 3.02. The molecule has 0 saturated heterocycles. The molecule has 0 amide bonds. The van der Waals surface area contributed by atoms with Crippen molar-refractivity contribution in [2.75, 3.05) is 6.61 Å². The van der Waals surface area contributed by atoms with Gasteiger partial charge in [0.25, 0.3) is 0 Å². The minimum Gasteiger partial charge on any atom is -0.493 e. The Morgan fingerprint density at radius 3 is 2.81 bits per heavy atom. The van der Waals surface area contributed by atoms with Crippen LogP contribution in [0.15, 0.2) is 18.2 Å². The van der Waals surface area contributed by atoms with Crippen LogP contribution in [0.2, 0.25) is 0 Å². The van der Waals surface area contributed by atoms with Crippen molar-refractivity contribution in [1.82, 2.24) is 0 Å². The molecule has 3 nitrogen and oxygen atoms in total. The lowest BCUT2D eigenvalue weighted by atomic mass is 9.85. The van der Waals surface area contributed by atoms with Crippen molar-refractivity contribution in [2.24, 2.45) is 11.7 Å². The van der Waals surface area contributed by atoms with E-state index in [9.17, 15) is 0 Å². The molecular weight excluding hydrogens is 262 g/mol. The van der Waals surface area contributed by atoms with Gasteiger partial charge in [0.05, 0.1) is 12.7 Å². The number of nitrogens with two attached hydrogens (primary N) is 1. The topological polar surface area (TPSA) is 44.5 Å². The van der Waals surface area contributed by atoms with Crippen molar-refractivity contribution in [3.8, 4) is 11.5 Å². The van der Waals surface area contributed by atoms with Crippen LogP contribution >= 0.6 is 0 Å². The van der Waals surface area contributed by atoms with Gasteiger partial charge in [0, 0.05) is 18.2 Å². The molecule has 1 saturated carbocycles. The van der Waals surface area contributed by atoms with Crippen LogP contribution in [0.25, 0.3) is 0 Å². The molecule has 0 spiro atoms. The zero-order valence-electron chi connectivity index (χ0n) is 13.4. The molecule has 2 atom stereocenters. The van der Waals surface area contributed by atoms with Gasteiger partial charge in [-0.1, -0.05) is 32.8 Å². The second-order valence-corrected chi connectivity index (χ2v) is 6.00. The summed E-state index contributed by atoms with van der Waals surface area (Å²) < 4.78 is 12.0. The lowest BCUT2D eigenvalue weighted by molar-refractivity contribution is 0.120. The van der Waals surface area contributed by atoms with Gasteiger partial charge in [-0.2, -0.15) is 0 Å². The fourth-order valence-corrected chi connectivity index (χ4v) is 3.02. The van der Waals surface area contributed by atoms with E-state index in [1.807, 2.05) is 18.2 Å². The van der Waals surface area contributed by atoms with E-state index in [2.05, 4.69) is 13.8 Å². The third-order valence-electron chi connectivity index (χ3n) is 4.34. The Kier molecular flexibility index (Phi) is 6.37. The Balaban J connectivity index is 2.05. The molecule has 1 aliphatic carbocycles. The van der Waals surface area contributed by atoms with E-state index in [-0.39, 0.29) is 0 Å². The molecule has 1 fully saturated rings. The van der Waals surface area contributed by atoms with E-state index >= 15 is 0 Å². The SMILES string of the molecule is CCCOc1ccc(CN)c(OC2CCCC(CC)C2)c1. The number of ether oxygens (including phenoxy) is 2. The quantitative estimate of drug-likeness (QED) is 0.815. The molecule has 1 aromatic carbocycles. The van der Waals surface area contributed by atoms with E-state index in [0.717, 1.165) is 42.4 Å². The fraction of sp³-hybridized carbons (Fsp3) is 0.667. The van der Waals surface area contributed by atoms with Crippen LogP contribution in [-0.4, -0.2) is 12.7 Å². The first-order valence-corrected chi connectivity index (χ1v) is 8.39. The van der Waals surface area contributed by atoms with E-state index < -0.39 is 0 Å². The van der Waals surface area contributed by atoms with Crippen molar-refractivity contribution in [2.45, 2.75) is 65.0 Å². The van der Waals surface area contributed by atoms with Crippen LogP contribution in [0, 0.1) is 5.92 Å². The van der Waals surface area contributed by atoms with Crippen LogP contribution < -0.4 is 15.2 Å². The van der Waals surface area contributed by atoms with E-state index in [1.165, 1.54) is 25.7 Å². The van der Waals surface area contributed by atoms with E-state index in [4.69, 9.17) is 15.2 Å². The Bertz CT molecular complexity index is 433. The minimum absolute atomic E-state index is 0.329. The number of hydrogen-bond acceptors (Lipinski definition) is 3. The molecule has 1 aromatic rings. The normalized spacial score (nSPS) is 22.0. The smallest absolute Gasteiger partial charge is 0.127 e. The van der Waals surface area contributed by atoms with Crippen molar-refractivity contribution < 1.29 is 9.47 Å². The monoisotopic (exact) mass is 291 g/mol. The third-order valence-corrected chi connectivity index (χ3v) is 4.34. The van der Waals surface area contributed by atoms with Gasteiger partial charge in [-0.15, -0.1) is 0 Å². The summed E-state index contributed by atoms with van der Waals surface area (Å²) in [5, 5.41) is 0. The highest BCUT2D eigenvalue weighted by molar-refractivity contribution is 5.40. The lowest BCUT2D eigenvalue weighted by Gasteiger charge is -2.29. The molecule has 3 heteroatoms. The first-order valence-electron chi connectivity index (χ1n) is 8.39. The molecule has 0 bridgehead atoms. The number of hydrogen-bond donors (Lipinski definition) is 1. The maximum atomic E-state index is 6.27. The predicted molar refractivity (Wildman–Crippen MR) is 86.8 cm³/mol. The van der Waals surface area contributed by atoms with Crippen molar-refractivity contribution in [3.05, 3.63) is 23.8 Å². The average molecular weight is 291 g/mol. The Morgan fingerprint density at radius 2 is 2.10 bits per heavy atom. The zero-order chi connectivity index (χ0) is 15.1. The van der Waals surface area contributed by atoms with Gasteiger partial charge in [-0.3, -0.25) is 0 Å². The molecular formula is C18H29NO2. The largest absolute Gasteiger partial charge is 0.493 e. The molecule has 118 valence electrons.